The van der Waals surface area contributed by atoms with Crippen molar-refractivity contribution in [2.24, 2.45) is 0 Å². The average molecular weight is 370 g/mol. The van der Waals surface area contributed by atoms with Crippen LogP contribution < -0.4 is 0 Å². The van der Waals surface area contributed by atoms with Crippen LogP contribution in [0.4, 0.5) is 0 Å². The summed E-state index contributed by atoms with van der Waals surface area (Å²) in [4.78, 5) is 24.8. The highest BCUT2D eigenvalue weighted by Gasteiger charge is 2.31. The van der Waals surface area contributed by atoms with Crippen LogP contribution in [0, 0.1) is 0 Å². The van der Waals surface area contributed by atoms with Gasteiger partial charge in [0.25, 0.3) is 5.91 Å². The van der Waals surface area contributed by atoms with E-state index in [0.29, 0.717) is 19.6 Å². The molecule has 1 amide bonds. The van der Waals surface area contributed by atoms with Gasteiger partial charge in [0.2, 0.25) is 10.0 Å². The smallest absolute Gasteiger partial charge is 0.323 e. The number of rotatable bonds is 7. The number of carbonyl (C=O) groups is 2. The number of sulfonamides is 1. The van der Waals surface area contributed by atoms with E-state index in [4.69, 9.17) is 9.84 Å². The summed E-state index contributed by atoms with van der Waals surface area (Å²) < 4.78 is 32.3. The van der Waals surface area contributed by atoms with Crippen molar-refractivity contribution in [3.05, 3.63) is 29.8 Å². The fraction of sp³-hybridized carbons (Fsp3) is 0.500. The third-order valence-electron chi connectivity index (χ3n) is 3.81. The third kappa shape index (κ3) is 4.56. The number of nitrogens with zero attached hydrogens (tertiary/aromatic N) is 2. The quantitative estimate of drug-likeness (QED) is 0.755. The Morgan fingerprint density at radius 3 is 2.48 bits per heavy atom. The molecule has 1 aromatic carbocycles. The molecule has 1 heterocycles. The van der Waals surface area contributed by atoms with Crippen LogP contribution in [0.2, 0.25) is 0 Å². The van der Waals surface area contributed by atoms with Crippen LogP contribution >= 0.6 is 0 Å². The lowest BCUT2D eigenvalue weighted by Crippen LogP contribution is -2.42. The molecule has 1 saturated heterocycles. The molecule has 1 fully saturated rings. The zero-order chi connectivity index (χ0) is 18.4. The molecule has 9 heteroatoms. The minimum Gasteiger partial charge on any atom is -0.480 e. The molecule has 1 N–H and O–H groups in total. The summed E-state index contributed by atoms with van der Waals surface area (Å²) in [5.74, 6) is -1.74. The Morgan fingerprint density at radius 2 is 1.88 bits per heavy atom. The third-order valence-corrected chi connectivity index (χ3v) is 5.77. The topological polar surface area (TPSA) is 104 Å². The molecule has 1 aromatic rings. The lowest BCUT2D eigenvalue weighted by atomic mass is 10.2. The van der Waals surface area contributed by atoms with E-state index in [2.05, 4.69) is 0 Å². The highest BCUT2D eigenvalue weighted by molar-refractivity contribution is 7.89. The summed E-state index contributed by atoms with van der Waals surface area (Å²) >= 11 is 0. The van der Waals surface area contributed by atoms with E-state index in [0.717, 1.165) is 4.90 Å². The van der Waals surface area contributed by atoms with E-state index in [1.807, 2.05) is 6.92 Å². The molecule has 0 spiro atoms. The van der Waals surface area contributed by atoms with Gasteiger partial charge < -0.3 is 14.7 Å². The molecule has 0 radical (unpaired) electrons. The predicted molar refractivity (Wildman–Crippen MR) is 89.9 cm³/mol. The Hall–Kier alpha value is -1.97. The summed E-state index contributed by atoms with van der Waals surface area (Å²) in [5, 5.41) is 9.01. The standard InChI is InChI=1S/C16H22N2O6S/c1-2-7-17(12-15(19)20)16(21)13-5-3-4-6-14(13)25(22,23)18-8-10-24-11-9-18/h3-6H,2,7-12H2,1H3,(H,19,20). The Bertz CT molecular complexity index is 728. The van der Waals surface area contributed by atoms with Gasteiger partial charge in [-0.1, -0.05) is 19.1 Å². The number of hydrogen-bond donors (Lipinski definition) is 1. The van der Waals surface area contributed by atoms with Gasteiger partial charge in [-0.05, 0) is 18.6 Å². The van der Waals surface area contributed by atoms with Crippen LogP contribution in [-0.2, 0) is 19.6 Å². The maximum atomic E-state index is 12.9. The van der Waals surface area contributed by atoms with E-state index >= 15 is 0 Å². The molecule has 138 valence electrons. The first-order valence-electron chi connectivity index (χ1n) is 8.06. The average Bonchev–Trinajstić information content (AvgIpc) is 2.61. The number of carbonyl (C=O) groups excluding carboxylic acids is 1. The summed E-state index contributed by atoms with van der Waals surface area (Å²) in [7, 11) is -3.86. The fourth-order valence-corrected chi connectivity index (χ4v) is 4.24. The molecule has 0 bridgehead atoms. The second-order valence-electron chi connectivity index (χ2n) is 5.63. The van der Waals surface area contributed by atoms with Crippen molar-refractivity contribution in [3.63, 3.8) is 0 Å². The molecule has 2 rings (SSSR count). The van der Waals surface area contributed by atoms with Gasteiger partial charge >= 0.3 is 5.97 Å². The van der Waals surface area contributed by atoms with Crippen LogP contribution in [0.1, 0.15) is 23.7 Å². The Labute approximate surface area is 147 Å². The van der Waals surface area contributed by atoms with Gasteiger partial charge in [-0.2, -0.15) is 4.31 Å². The molecular formula is C16H22N2O6S. The molecule has 8 nitrogen and oxygen atoms in total. The maximum Gasteiger partial charge on any atom is 0.323 e. The van der Waals surface area contributed by atoms with Crippen molar-refractivity contribution >= 4 is 21.9 Å². The Balaban J connectivity index is 2.39. The lowest BCUT2D eigenvalue weighted by Gasteiger charge is -2.27. The number of amides is 1. The van der Waals surface area contributed by atoms with Gasteiger partial charge in [0.15, 0.2) is 0 Å². The second kappa shape index (κ2) is 8.41. The number of carboxylic acid groups (broad SMARTS) is 1. The normalized spacial score (nSPS) is 15.7. The minimum absolute atomic E-state index is 0.0105. The predicted octanol–water partition coefficient (Wildman–Crippen LogP) is 0.644. The van der Waals surface area contributed by atoms with Gasteiger partial charge in [-0.15, -0.1) is 0 Å². The van der Waals surface area contributed by atoms with Crippen molar-refractivity contribution in [1.29, 1.82) is 0 Å². The molecule has 1 aliphatic heterocycles. The second-order valence-corrected chi connectivity index (χ2v) is 7.54. The highest BCUT2D eigenvalue weighted by atomic mass is 32.2. The summed E-state index contributed by atoms with van der Waals surface area (Å²) in [6, 6.07) is 5.91. The highest BCUT2D eigenvalue weighted by Crippen LogP contribution is 2.22. The fourth-order valence-electron chi connectivity index (χ4n) is 2.65. The van der Waals surface area contributed by atoms with Crippen LogP contribution in [-0.4, -0.2) is 74.0 Å². The zero-order valence-electron chi connectivity index (χ0n) is 14.1. The number of ether oxygens (including phenoxy) is 1. The van der Waals surface area contributed by atoms with Crippen molar-refractivity contribution in [3.8, 4) is 0 Å². The van der Waals surface area contributed by atoms with Gasteiger partial charge in [0.1, 0.15) is 6.54 Å². The molecule has 0 unspecified atom stereocenters. The summed E-state index contributed by atoms with van der Waals surface area (Å²) in [6.45, 7) is 2.62. The monoisotopic (exact) mass is 370 g/mol. The molecule has 0 aromatic heterocycles. The van der Waals surface area contributed by atoms with Crippen molar-refractivity contribution in [1.82, 2.24) is 9.21 Å². The number of hydrogen-bond acceptors (Lipinski definition) is 5. The number of aliphatic carboxylic acids is 1. The molecule has 1 aliphatic rings. The Kier molecular flexibility index (Phi) is 6.51. The zero-order valence-corrected chi connectivity index (χ0v) is 14.9. The first-order valence-corrected chi connectivity index (χ1v) is 9.50. The van der Waals surface area contributed by atoms with Crippen LogP contribution in [0.25, 0.3) is 0 Å². The van der Waals surface area contributed by atoms with Crippen LogP contribution in [0.15, 0.2) is 29.2 Å². The summed E-state index contributed by atoms with van der Waals surface area (Å²) in [5.41, 5.74) is -0.0105. The SMILES string of the molecule is CCCN(CC(=O)O)C(=O)c1ccccc1S(=O)(=O)N1CCOCC1. The largest absolute Gasteiger partial charge is 0.480 e. The summed E-state index contributed by atoms with van der Waals surface area (Å²) in [6.07, 6.45) is 0.567. The number of carboxylic acids is 1. The minimum atomic E-state index is -3.86. The molecule has 0 aliphatic carbocycles. The lowest BCUT2D eigenvalue weighted by molar-refractivity contribution is -0.137. The maximum absolute atomic E-state index is 12.9. The van der Waals surface area contributed by atoms with Crippen molar-refractivity contribution in [2.45, 2.75) is 18.2 Å². The first-order chi connectivity index (χ1) is 11.9. The van der Waals surface area contributed by atoms with E-state index in [-0.39, 0.29) is 30.1 Å². The van der Waals surface area contributed by atoms with E-state index < -0.39 is 28.4 Å². The van der Waals surface area contributed by atoms with E-state index in [1.54, 1.807) is 12.1 Å². The number of benzene rings is 1. The van der Waals surface area contributed by atoms with E-state index in [1.165, 1.54) is 16.4 Å². The van der Waals surface area contributed by atoms with Gasteiger partial charge in [-0.3, -0.25) is 9.59 Å². The van der Waals surface area contributed by atoms with Gasteiger partial charge in [0, 0.05) is 19.6 Å². The first kappa shape index (κ1) is 19.4. The number of morpholine rings is 1. The van der Waals surface area contributed by atoms with Crippen molar-refractivity contribution in [2.75, 3.05) is 39.4 Å². The van der Waals surface area contributed by atoms with E-state index in [9.17, 15) is 18.0 Å². The molecule has 0 atom stereocenters. The molecule has 0 saturated carbocycles. The molecular weight excluding hydrogens is 348 g/mol. The van der Waals surface area contributed by atoms with Gasteiger partial charge in [-0.25, -0.2) is 8.42 Å². The van der Waals surface area contributed by atoms with Crippen molar-refractivity contribution < 1.29 is 27.9 Å². The van der Waals surface area contributed by atoms with Crippen LogP contribution in [0.5, 0.6) is 0 Å². The van der Waals surface area contributed by atoms with Crippen LogP contribution in [0.3, 0.4) is 0 Å². The van der Waals surface area contributed by atoms with Gasteiger partial charge in [0.05, 0.1) is 23.7 Å². The Morgan fingerprint density at radius 1 is 1.24 bits per heavy atom. The molecule has 25 heavy (non-hydrogen) atoms.